The van der Waals surface area contributed by atoms with Crippen LogP contribution < -0.4 is 10.6 Å². The van der Waals surface area contributed by atoms with Gasteiger partial charge in [0.25, 0.3) is 5.69 Å². The SMILES string of the molecule is Cc1ccc(C(C)(O)CNC(=O)Nc2cc([N+](=O)[O-])ccc2C)o1. The number of aliphatic hydroxyl groups is 1. The van der Waals surface area contributed by atoms with E-state index in [9.17, 15) is 20.0 Å². The molecule has 2 aromatic rings. The minimum Gasteiger partial charge on any atom is -0.463 e. The average Bonchev–Trinajstić information content (AvgIpc) is 2.95. The lowest BCUT2D eigenvalue weighted by atomic mass is 10.0. The maximum atomic E-state index is 12.0. The fourth-order valence-corrected chi connectivity index (χ4v) is 2.09. The minimum absolute atomic E-state index is 0.0836. The van der Waals surface area contributed by atoms with Crippen molar-refractivity contribution in [3.63, 3.8) is 0 Å². The first-order valence-electron chi connectivity index (χ1n) is 7.28. The Kier molecular flexibility index (Phi) is 4.89. The zero-order valence-electron chi connectivity index (χ0n) is 13.6. The molecular formula is C16H19N3O5. The van der Waals surface area contributed by atoms with E-state index in [0.29, 0.717) is 22.8 Å². The Morgan fingerprint density at radius 1 is 1.33 bits per heavy atom. The summed E-state index contributed by atoms with van der Waals surface area (Å²) in [6, 6.07) is 6.97. The normalized spacial score (nSPS) is 13.2. The van der Waals surface area contributed by atoms with E-state index in [1.54, 1.807) is 32.0 Å². The van der Waals surface area contributed by atoms with Crippen LogP contribution >= 0.6 is 0 Å². The van der Waals surface area contributed by atoms with Crippen LogP contribution in [0, 0.1) is 24.0 Å². The first-order chi connectivity index (χ1) is 11.2. The number of hydrogen-bond acceptors (Lipinski definition) is 5. The monoisotopic (exact) mass is 333 g/mol. The molecule has 1 unspecified atom stereocenters. The highest BCUT2D eigenvalue weighted by atomic mass is 16.6. The van der Waals surface area contributed by atoms with Crippen molar-refractivity contribution >= 4 is 17.4 Å². The van der Waals surface area contributed by atoms with E-state index >= 15 is 0 Å². The predicted octanol–water partition coefficient (Wildman–Crippen LogP) is 2.83. The predicted molar refractivity (Wildman–Crippen MR) is 87.9 cm³/mol. The van der Waals surface area contributed by atoms with Gasteiger partial charge in [-0.05, 0) is 38.5 Å². The molecular weight excluding hydrogens is 314 g/mol. The second-order valence-corrected chi connectivity index (χ2v) is 5.75. The fourth-order valence-electron chi connectivity index (χ4n) is 2.09. The van der Waals surface area contributed by atoms with E-state index in [4.69, 9.17) is 4.42 Å². The number of anilines is 1. The summed E-state index contributed by atoms with van der Waals surface area (Å²) in [5.41, 5.74) is -0.475. The topological polar surface area (TPSA) is 118 Å². The summed E-state index contributed by atoms with van der Waals surface area (Å²) in [4.78, 5) is 22.3. The Labute approximate surface area is 138 Å². The Morgan fingerprint density at radius 3 is 2.62 bits per heavy atom. The molecule has 0 saturated carbocycles. The van der Waals surface area contributed by atoms with E-state index in [1.807, 2.05) is 0 Å². The number of hydrogen-bond donors (Lipinski definition) is 3. The second-order valence-electron chi connectivity index (χ2n) is 5.75. The molecule has 8 nitrogen and oxygen atoms in total. The molecule has 24 heavy (non-hydrogen) atoms. The van der Waals surface area contributed by atoms with Gasteiger partial charge in [0.1, 0.15) is 17.1 Å². The first-order valence-corrected chi connectivity index (χ1v) is 7.28. The summed E-state index contributed by atoms with van der Waals surface area (Å²) in [7, 11) is 0. The molecule has 0 saturated heterocycles. The number of amides is 2. The third kappa shape index (κ3) is 4.11. The van der Waals surface area contributed by atoms with Crippen LogP contribution in [0.3, 0.4) is 0 Å². The molecule has 0 aliphatic rings. The van der Waals surface area contributed by atoms with Gasteiger partial charge in [0.05, 0.1) is 17.2 Å². The van der Waals surface area contributed by atoms with Gasteiger partial charge in [-0.2, -0.15) is 0 Å². The van der Waals surface area contributed by atoms with Crippen molar-refractivity contribution in [3.05, 3.63) is 57.5 Å². The molecule has 0 spiro atoms. The molecule has 0 radical (unpaired) electrons. The molecule has 0 bridgehead atoms. The van der Waals surface area contributed by atoms with Gasteiger partial charge in [-0.1, -0.05) is 6.07 Å². The Hall–Kier alpha value is -2.87. The van der Waals surface area contributed by atoms with Crippen LogP contribution in [0.4, 0.5) is 16.2 Å². The van der Waals surface area contributed by atoms with Crippen LogP contribution in [0.1, 0.15) is 24.0 Å². The second kappa shape index (κ2) is 6.71. The largest absolute Gasteiger partial charge is 0.463 e. The van der Waals surface area contributed by atoms with Gasteiger partial charge in [0.15, 0.2) is 0 Å². The maximum absolute atomic E-state index is 12.0. The van der Waals surface area contributed by atoms with E-state index in [0.717, 1.165) is 0 Å². The van der Waals surface area contributed by atoms with Crippen LogP contribution in [0.2, 0.25) is 0 Å². The molecule has 8 heteroatoms. The molecule has 1 heterocycles. The van der Waals surface area contributed by atoms with Gasteiger partial charge >= 0.3 is 6.03 Å². The van der Waals surface area contributed by atoms with E-state index in [1.165, 1.54) is 19.1 Å². The highest BCUT2D eigenvalue weighted by Crippen LogP contribution is 2.23. The summed E-state index contributed by atoms with van der Waals surface area (Å²) >= 11 is 0. The van der Waals surface area contributed by atoms with Crippen LogP contribution in [0.15, 0.2) is 34.7 Å². The first kappa shape index (κ1) is 17.5. The zero-order valence-corrected chi connectivity index (χ0v) is 13.6. The number of non-ortho nitro benzene ring substituents is 1. The number of urea groups is 1. The summed E-state index contributed by atoms with van der Waals surface area (Å²) in [5.74, 6) is 0.994. The number of carbonyl (C=O) groups excluding carboxylic acids is 1. The number of rotatable bonds is 5. The van der Waals surface area contributed by atoms with Crippen molar-refractivity contribution in [2.75, 3.05) is 11.9 Å². The number of furan rings is 1. The van der Waals surface area contributed by atoms with Crippen molar-refractivity contribution < 1.29 is 19.2 Å². The molecule has 2 amide bonds. The van der Waals surface area contributed by atoms with Crippen molar-refractivity contribution in [1.29, 1.82) is 0 Å². The third-order valence-corrected chi connectivity index (χ3v) is 3.54. The molecule has 1 aromatic carbocycles. The van der Waals surface area contributed by atoms with Crippen LogP contribution in [0.5, 0.6) is 0 Å². The molecule has 3 N–H and O–H groups in total. The van der Waals surface area contributed by atoms with Crippen molar-refractivity contribution in [2.24, 2.45) is 0 Å². The fraction of sp³-hybridized carbons (Fsp3) is 0.312. The Balaban J connectivity index is 2.01. The number of benzene rings is 1. The van der Waals surface area contributed by atoms with Crippen LogP contribution in [-0.2, 0) is 5.60 Å². The van der Waals surface area contributed by atoms with Gasteiger partial charge in [-0.15, -0.1) is 0 Å². The number of nitrogens with zero attached hydrogens (tertiary/aromatic N) is 1. The lowest BCUT2D eigenvalue weighted by Crippen LogP contribution is -2.40. The molecule has 2 rings (SSSR count). The van der Waals surface area contributed by atoms with Crippen molar-refractivity contribution in [1.82, 2.24) is 5.32 Å². The van der Waals surface area contributed by atoms with E-state index in [-0.39, 0.29) is 12.2 Å². The lowest BCUT2D eigenvalue weighted by Gasteiger charge is -2.21. The van der Waals surface area contributed by atoms with Crippen molar-refractivity contribution in [2.45, 2.75) is 26.4 Å². The highest BCUT2D eigenvalue weighted by molar-refractivity contribution is 5.90. The summed E-state index contributed by atoms with van der Waals surface area (Å²) < 4.78 is 5.36. The molecule has 0 fully saturated rings. The standard InChI is InChI=1S/C16H19N3O5/c1-10-4-6-12(19(22)23)8-13(10)18-15(20)17-9-16(3,21)14-7-5-11(2)24-14/h4-8,21H,9H2,1-3H3,(H2,17,18,20). The summed E-state index contributed by atoms with van der Waals surface area (Å²) in [6.45, 7) is 4.91. The molecule has 0 aliphatic heterocycles. The number of nitro benzene ring substituents is 1. The van der Waals surface area contributed by atoms with Gasteiger partial charge in [0, 0.05) is 12.1 Å². The van der Waals surface area contributed by atoms with Crippen LogP contribution in [-0.4, -0.2) is 22.6 Å². The zero-order chi connectivity index (χ0) is 17.9. The smallest absolute Gasteiger partial charge is 0.319 e. The highest BCUT2D eigenvalue weighted by Gasteiger charge is 2.27. The van der Waals surface area contributed by atoms with Gasteiger partial charge in [0.2, 0.25) is 0 Å². The molecule has 1 atom stereocenters. The average molecular weight is 333 g/mol. The number of nitro groups is 1. The number of nitrogens with one attached hydrogen (secondary N) is 2. The molecule has 1 aromatic heterocycles. The van der Waals surface area contributed by atoms with Crippen molar-refractivity contribution in [3.8, 4) is 0 Å². The number of aryl methyl sites for hydroxylation is 2. The maximum Gasteiger partial charge on any atom is 0.319 e. The summed E-state index contributed by atoms with van der Waals surface area (Å²) in [5, 5.41) is 26.2. The van der Waals surface area contributed by atoms with Gasteiger partial charge in [-0.25, -0.2) is 4.79 Å². The Morgan fingerprint density at radius 2 is 2.04 bits per heavy atom. The number of carbonyl (C=O) groups is 1. The quantitative estimate of drug-likeness (QED) is 0.574. The molecule has 128 valence electrons. The summed E-state index contributed by atoms with van der Waals surface area (Å²) in [6.07, 6.45) is 0. The third-order valence-electron chi connectivity index (χ3n) is 3.54. The lowest BCUT2D eigenvalue weighted by molar-refractivity contribution is -0.384. The minimum atomic E-state index is -1.37. The van der Waals surface area contributed by atoms with Gasteiger partial charge in [-0.3, -0.25) is 10.1 Å². The Bertz CT molecular complexity index is 767. The van der Waals surface area contributed by atoms with Gasteiger partial charge < -0.3 is 20.2 Å². The van der Waals surface area contributed by atoms with Crippen LogP contribution in [0.25, 0.3) is 0 Å². The van der Waals surface area contributed by atoms with E-state index in [2.05, 4.69) is 10.6 Å². The molecule has 0 aliphatic carbocycles. The van der Waals surface area contributed by atoms with E-state index < -0.39 is 16.6 Å².